The van der Waals surface area contributed by atoms with Crippen LogP contribution in [0.1, 0.15) is 44.6 Å². The van der Waals surface area contributed by atoms with Gasteiger partial charge in [0.2, 0.25) is 11.9 Å². The number of aromatic amines is 1. The van der Waals surface area contributed by atoms with Crippen molar-refractivity contribution in [2.45, 2.75) is 69.2 Å². The molecule has 30 heavy (non-hydrogen) atoms. The minimum Gasteiger partial charge on any atom is -0.435 e. The van der Waals surface area contributed by atoms with Crippen LogP contribution in [0.3, 0.4) is 0 Å². The predicted molar refractivity (Wildman–Crippen MR) is 103 cm³/mol. The van der Waals surface area contributed by atoms with Gasteiger partial charge in [-0.25, -0.2) is 5.10 Å². The lowest BCUT2D eigenvalue weighted by Gasteiger charge is -2.43. The molecule has 2 aliphatic heterocycles. The predicted octanol–water partition coefficient (Wildman–Crippen LogP) is 2.39. The van der Waals surface area contributed by atoms with E-state index in [1.54, 1.807) is 12.1 Å². The lowest BCUT2D eigenvalue weighted by atomic mass is 9.87. The number of H-pyrrole nitrogens is 1. The molecule has 160 valence electrons. The molecule has 2 saturated heterocycles. The maximum atomic E-state index is 13.3. The van der Waals surface area contributed by atoms with E-state index in [1.807, 2.05) is 0 Å². The third-order valence-electron chi connectivity index (χ3n) is 6.93. The summed E-state index contributed by atoms with van der Waals surface area (Å²) in [4.78, 5) is 15.5. The van der Waals surface area contributed by atoms with Crippen LogP contribution in [0.25, 0.3) is 0 Å². The van der Waals surface area contributed by atoms with Gasteiger partial charge in [0.25, 0.3) is 0 Å². The summed E-state index contributed by atoms with van der Waals surface area (Å²) in [6.45, 7) is -0.656. The number of nitrogens with zero attached hydrogens (tertiary/aromatic N) is 4. The van der Waals surface area contributed by atoms with Crippen LogP contribution >= 0.6 is 0 Å². The van der Waals surface area contributed by atoms with E-state index in [2.05, 4.69) is 42.5 Å². The number of anilines is 1. The minimum absolute atomic E-state index is 0.00298. The summed E-state index contributed by atoms with van der Waals surface area (Å²) < 4.78 is 29.2. The number of alkyl halides is 2. The van der Waals surface area contributed by atoms with Crippen molar-refractivity contribution in [2.24, 2.45) is 5.92 Å². The molecule has 0 spiro atoms. The zero-order valence-electron chi connectivity index (χ0n) is 16.6. The number of nitrogens with one attached hydrogen (secondary N) is 2. The van der Waals surface area contributed by atoms with Gasteiger partial charge >= 0.3 is 6.61 Å². The molecule has 1 unspecified atom stereocenters. The fourth-order valence-electron chi connectivity index (χ4n) is 5.30. The summed E-state index contributed by atoms with van der Waals surface area (Å²) in [5.74, 6) is 1.16. The van der Waals surface area contributed by atoms with E-state index in [1.165, 1.54) is 12.1 Å². The number of fused-ring (bicyclic) bond motifs is 2. The number of benzene rings is 1. The molecule has 2 N–H and O–H groups in total. The normalized spacial score (nSPS) is 29.1. The fourth-order valence-corrected chi connectivity index (χ4v) is 5.30. The van der Waals surface area contributed by atoms with Crippen molar-refractivity contribution in [3.05, 3.63) is 29.8 Å². The number of ether oxygens (including phenoxy) is 1. The third-order valence-corrected chi connectivity index (χ3v) is 6.93. The van der Waals surface area contributed by atoms with Crippen LogP contribution in [-0.4, -0.2) is 51.3 Å². The van der Waals surface area contributed by atoms with E-state index in [9.17, 15) is 13.6 Å². The monoisotopic (exact) mass is 418 g/mol. The van der Waals surface area contributed by atoms with Crippen molar-refractivity contribution < 1.29 is 18.3 Å². The maximum Gasteiger partial charge on any atom is 0.387 e. The number of rotatable bonds is 6. The van der Waals surface area contributed by atoms with Crippen molar-refractivity contribution in [3.8, 4) is 5.75 Å². The molecule has 2 aromatic rings. The van der Waals surface area contributed by atoms with Gasteiger partial charge in [-0.2, -0.15) is 8.78 Å². The van der Waals surface area contributed by atoms with Crippen LogP contribution in [0.2, 0.25) is 0 Å². The Hall–Kier alpha value is -2.78. The number of piperidine rings is 1. The molecule has 3 aliphatic rings. The number of carbonyl (C=O) groups is 1. The van der Waals surface area contributed by atoms with E-state index in [0.717, 1.165) is 37.7 Å². The first-order valence-electron chi connectivity index (χ1n) is 10.4. The Morgan fingerprint density at radius 1 is 1.27 bits per heavy atom. The van der Waals surface area contributed by atoms with Crippen LogP contribution in [-0.2, 0) is 10.2 Å². The first-order valence-corrected chi connectivity index (χ1v) is 10.4. The minimum atomic E-state index is -2.86. The Balaban J connectivity index is 1.32. The van der Waals surface area contributed by atoms with Gasteiger partial charge in [-0.1, -0.05) is 24.2 Å². The standard InChI is InChI=1S/C20H24F2N6O2/c1-11-10-14(16-7-6-15(11)28(16)19-24-26-27-25-19)23-17(29)20(8-9-20)12-2-4-13(5-3-12)30-18(21)22/h2-5,11,14-16,18H,6-10H2,1H3,(H,23,29)(H,24,25,26,27)/t11-,14?,15-,16+/m0/s1. The lowest BCUT2D eigenvalue weighted by Crippen LogP contribution is -2.58. The molecule has 0 radical (unpaired) electrons. The second-order valence-electron chi connectivity index (χ2n) is 8.62. The van der Waals surface area contributed by atoms with Gasteiger partial charge in [-0.3, -0.25) is 4.79 Å². The second kappa shape index (κ2) is 7.17. The quantitative estimate of drug-likeness (QED) is 0.748. The summed E-state index contributed by atoms with van der Waals surface area (Å²) in [6, 6.07) is 6.96. The summed E-state index contributed by atoms with van der Waals surface area (Å²) in [6.07, 6.45) is 4.44. The molecule has 3 heterocycles. The third kappa shape index (κ3) is 3.18. The summed E-state index contributed by atoms with van der Waals surface area (Å²) in [5.41, 5.74) is 0.256. The highest BCUT2D eigenvalue weighted by Crippen LogP contribution is 2.49. The van der Waals surface area contributed by atoms with Crippen LogP contribution < -0.4 is 15.0 Å². The van der Waals surface area contributed by atoms with E-state index < -0.39 is 12.0 Å². The van der Waals surface area contributed by atoms with E-state index >= 15 is 0 Å². The average molecular weight is 418 g/mol. The average Bonchev–Trinajstić information content (AvgIpc) is 3.19. The number of hydrogen-bond donors (Lipinski definition) is 2. The molecule has 4 atom stereocenters. The molecule has 1 aromatic carbocycles. The van der Waals surface area contributed by atoms with Crippen LogP contribution in [0, 0.1) is 5.92 Å². The largest absolute Gasteiger partial charge is 0.435 e. The number of hydrogen-bond acceptors (Lipinski definition) is 6. The molecule has 5 rings (SSSR count). The molecule has 1 aromatic heterocycles. The van der Waals surface area contributed by atoms with Crippen molar-refractivity contribution in [2.75, 3.05) is 4.90 Å². The van der Waals surface area contributed by atoms with E-state index in [0.29, 0.717) is 17.9 Å². The maximum absolute atomic E-state index is 13.3. The molecule has 1 aliphatic carbocycles. The van der Waals surface area contributed by atoms with Crippen LogP contribution in [0.5, 0.6) is 5.75 Å². The zero-order chi connectivity index (χ0) is 20.9. The molecule has 1 amide bonds. The fraction of sp³-hybridized carbons (Fsp3) is 0.600. The van der Waals surface area contributed by atoms with Crippen molar-refractivity contribution in [3.63, 3.8) is 0 Å². The van der Waals surface area contributed by atoms with Crippen LogP contribution in [0.15, 0.2) is 24.3 Å². The van der Waals surface area contributed by atoms with Crippen LogP contribution in [0.4, 0.5) is 14.7 Å². The lowest BCUT2D eigenvalue weighted by molar-refractivity contribution is -0.124. The van der Waals surface area contributed by atoms with Gasteiger partial charge in [-0.15, -0.1) is 0 Å². The van der Waals surface area contributed by atoms with Crippen molar-refractivity contribution >= 4 is 11.9 Å². The van der Waals surface area contributed by atoms with Gasteiger partial charge in [0, 0.05) is 12.1 Å². The Bertz CT molecular complexity index is 903. The first-order chi connectivity index (χ1) is 14.5. The highest BCUT2D eigenvalue weighted by molar-refractivity contribution is 5.91. The van der Waals surface area contributed by atoms with Gasteiger partial charge in [0.15, 0.2) is 0 Å². The van der Waals surface area contributed by atoms with Crippen molar-refractivity contribution in [1.82, 2.24) is 25.9 Å². The Labute approximate surface area is 172 Å². The van der Waals surface area contributed by atoms with E-state index in [-0.39, 0.29) is 23.7 Å². The molecular formula is C20H24F2N6O2. The molecule has 3 fully saturated rings. The molecule has 2 bridgehead atoms. The number of amides is 1. The Morgan fingerprint density at radius 2 is 2.00 bits per heavy atom. The summed E-state index contributed by atoms with van der Waals surface area (Å²) >= 11 is 0. The molecule has 8 nitrogen and oxygen atoms in total. The van der Waals surface area contributed by atoms with E-state index in [4.69, 9.17) is 0 Å². The number of carbonyl (C=O) groups excluding carboxylic acids is 1. The van der Waals surface area contributed by atoms with Gasteiger partial charge in [0.05, 0.1) is 11.5 Å². The first kappa shape index (κ1) is 19.2. The molecule has 10 heteroatoms. The van der Waals surface area contributed by atoms with Gasteiger partial charge in [-0.05, 0) is 66.1 Å². The molecule has 1 saturated carbocycles. The number of tetrazole rings is 1. The Morgan fingerprint density at radius 3 is 2.63 bits per heavy atom. The SMILES string of the molecule is C[C@H]1CC(NC(=O)C2(c3ccc(OC(F)F)cc3)CC2)[C@H]2CC[C@@H]1N2c1nnn[nH]1. The van der Waals surface area contributed by atoms with Gasteiger partial charge < -0.3 is 15.0 Å². The smallest absolute Gasteiger partial charge is 0.387 e. The van der Waals surface area contributed by atoms with Gasteiger partial charge in [0.1, 0.15) is 5.75 Å². The van der Waals surface area contributed by atoms with Crippen molar-refractivity contribution in [1.29, 1.82) is 0 Å². The summed E-state index contributed by atoms with van der Waals surface area (Å²) in [7, 11) is 0. The zero-order valence-corrected chi connectivity index (χ0v) is 16.6. The highest BCUT2D eigenvalue weighted by Gasteiger charge is 2.54. The summed E-state index contributed by atoms with van der Waals surface area (Å²) in [5, 5.41) is 17.7. The second-order valence-corrected chi connectivity index (χ2v) is 8.62. The molecular weight excluding hydrogens is 394 g/mol. The highest BCUT2D eigenvalue weighted by atomic mass is 19.3. The number of aromatic nitrogens is 4. The topological polar surface area (TPSA) is 96.0 Å². The Kier molecular flexibility index (Phi) is 4.59. The number of halogens is 2.